The quantitative estimate of drug-likeness (QED) is 0.866. The zero-order valence-electron chi connectivity index (χ0n) is 11.7. The molecule has 1 aromatic heterocycles. The molecule has 2 aliphatic heterocycles. The van der Waals surface area contributed by atoms with Gasteiger partial charge in [0.1, 0.15) is 5.82 Å². The molecular formula is C16H18N4O. The maximum absolute atomic E-state index is 11.8. The molecule has 3 heterocycles. The molecule has 0 bridgehead atoms. The highest BCUT2D eigenvalue weighted by molar-refractivity contribution is 6.06. The number of nitrogens with two attached hydrogens (primary N) is 1. The highest BCUT2D eigenvalue weighted by atomic mass is 16.1. The molecule has 21 heavy (non-hydrogen) atoms. The Balaban J connectivity index is 1.84. The number of pyridine rings is 1. The number of nitrogens with zero attached hydrogens (tertiary/aromatic N) is 2. The second-order valence-corrected chi connectivity index (χ2v) is 5.88. The molecule has 5 heteroatoms. The van der Waals surface area contributed by atoms with Crippen molar-refractivity contribution in [3.8, 4) is 0 Å². The molecule has 1 aromatic carbocycles. The number of carbonyl (C=O) groups excluding carboxylic acids is 1. The number of aromatic nitrogens is 1. The molecule has 3 N–H and O–H groups in total. The third-order valence-corrected chi connectivity index (χ3v) is 4.71. The number of fused-ring (bicyclic) bond motifs is 2. The van der Waals surface area contributed by atoms with Crippen molar-refractivity contribution in [2.75, 3.05) is 24.5 Å². The Morgan fingerprint density at radius 3 is 3.05 bits per heavy atom. The van der Waals surface area contributed by atoms with Gasteiger partial charge in [0.2, 0.25) is 5.91 Å². The average molecular weight is 282 g/mol. The van der Waals surface area contributed by atoms with E-state index in [0.717, 1.165) is 36.4 Å². The first-order chi connectivity index (χ1) is 10.2. The third kappa shape index (κ3) is 1.96. The zero-order chi connectivity index (χ0) is 14.4. The SMILES string of the molecule is NC(=O)c1cc(N2CC[C@H]3CNC[C@H]32)nc2ccccc12. The highest BCUT2D eigenvalue weighted by Crippen LogP contribution is 2.32. The lowest BCUT2D eigenvalue weighted by atomic mass is 10.0. The van der Waals surface area contributed by atoms with Gasteiger partial charge < -0.3 is 16.0 Å². The summed E-state index contributed by atoms with van der Waals surface area (Å²) in [5.74, 6) is 1.17. The Bertz CT molecular complexity index is 714. The molecule has 0 aliphatic carbocycles. The lowest BCUT2D eigenvalue weighted by Crippen LogP contribution is -2.35. The topological polar surface area (TPSA) is 71.2 Å². The van der Waals surface area contributed by atoms with Gasteiger partial charge in [-0.1, -0.05) is 18.2 Å². The number of para-hydroxylation sites is 1. The number of anilines is 1. The Hall–Kier alpha value is -2.14. The monoisotopic (exact) mass is 282 g/mol. The molecule has 4 rings (SSSR count). The van der Waals surface area contributed by atoms with Crippen molar-refractivity contribution in [3.63, 3.8) is 0 Å². The fraction of sp³-hybridized carbons (Fsp3) is 0.375. The summed E-state index contributed by atoms with van der Waals surface area (Å²) in [5, 5.41) is 4.27. The van der Waals surface area contributed by atoms with Gasteiger partial charge in [-0.3, -0.25) is 4.79 Å². The van der Waals surface area contributed by atoms with Crippen LogP contribution in [-0.2, 0) is 0 Å². The minimum atomic E-state index is -0.393. The number of rotatable bonds is 2. The van der Waals surface area contributed by atoms with E-state index in [1.165, 1.54) is 6.42 Å². The van der Waals surface area contributed by atoms with Crippen LogP contribution < -0.4 is 16.0 Å². The maximum atomic E-state index is 11.8. The lowest BCUT2D eigenvalue weighted by Gasteiger charge is -2.25. The molecule has 2 aliphatic rings. The molecule has 2 saturated heterocycles. The Morgan fingerprint density at radius 1 is 1.33 bits per heavy atom. The van der Waals surface area contributed by atoms with E-state index in [1.54, 1.807) is 0 Å². The molecule has 108 valence electrons. The Labute approximate surface area is 123 Å². The normalized spacial score (nSPS) is 24.5. The van der Waals surface area contributed by atoms with Crippen molar-refractivity contribution in [2.24, 2.45) is 11.7 Å². The largest absolute Gasteiger partial charge is 0.366 e. The summed E-state index contributed by atoms with van der Waals surface area (Å²) in [6, 6.07) is 10.0. The molecule has 2 atom stereocenters. The van der Waals surface area contributed by atoms with Crippen LogP contribution in [0.4, 0.5) is 5.82 Å². The molecular weight excluding hydrogens is 264 g/mol. The number of amides is 1. The van der Waals surface area contributed by atoms with Crippen LogP contribution in [0.2, 0.25) is 0 Å². The van der Waals surface area contributed by atoms with Gasteiger partial charge in [-0.15, -0.1) is 0 Å². The van der Waals surface area contributed by atoms with E-state index in [1.807, 2.05) is 30.3 Å². The van der Waals surface area contributed by atoms with Gasteiger partial charge in [-0.05, 0) is 24.5 Å². The van der Waals surface area contributed by atoms with Crippen molar-refractivity contribution in [1.29, 1.82) is 0 Å². The maximum Gasteiger partial charge on any atom is 0.249 e. The van der Waals surface area contributed by atoms with Crippen molar-refractivity contribution >= 4 is 22.6 Å². The standard InChI is InChI=1S/C16H18N4O/c17-16(21)12-7-15(19-13-4-2-1-3-11(12)13)20-6-5-10-8-18-9-14(10)20/h1-4,7,10,14,18H,5-6,8-9H2,(H2,17,21)/t10-,14+/m0/s1. The van der Waals surface area contributed by atoms with E-state index >= 15 is 0 Å². The van der Waals surface area contributed by atoms with E-state index in [0.29, 0.717) is 17.5 Å². The van der Waals surface area contributed by atoms with Gasteiger partial charge in [-0.2, -0.15) is 0 Å². The van der Waals surface area contributed by atoms with Crippen LogP contribution in [0.15, 0.2) is 30.3 Å². The number of primary amides is 1. The van der Waals surface area contributed by atoms with Crippen molar-refractivity contribution < 1.29 is 4.79 Å². The summed E-state index contributed by atoms with van der Waals surface area (Å²) >= 11 is 0. The molecule has 5 nitrogen and oxygen atoms in total. The number of carbonyl (C=O) groups is 1. The van der Waals surface area contributed by atoms with Crippen LogP contribution in [0.1, 0.15) is 16.8 Å². The van der Waals surface area contributed by atoms with Crippen molar-refractivity contribution in [2.45, 2.75) is 12.5 Å². The summed E-state index contributed by atoms with van der Waals surface area (Å²) in [5.41, 5.74) is 6.95. The third-order valence-electron chi connectivity index (χ3n) is 4.71. The van der Waals surface area contributed by atoms with Crippen LogP contribution in [0.5, 0.6) is 0 Å². The number of benzene rings is 1. The van der Waals surface area contributed by atoms with Crippen LogP contribution in [-0.4, -0.2) is 36.6 Å². The van der Waals surface area contributed by atoms with Crippen LogP contribution >= 0.6 is 0 Å². The lowest BCUT2D eigenvalue weighted by molar-refractivity contribution is 0.100. The first-order valence-electron chi connectivity index (χ1n) is 7.41. The first kappa shape index (κ1) is 12.6. The van der Waals surface area contributed by atoms with E-state index in [9.17, 15) is 4.79 Å². The molecule has 0 radical (unpaired) electrons. The number of hydrogen-bond donors (Lipinski definition) is 2. The number of nitrogens with one attached hydrogen (secondary N) is 1. The molecule has 1 amide bonds. The molecule has 0 spiro atoms. The fourth-order valence-electron chi connectivity index (χ4n) is 3.65. The van der Waals surface area contributed by atoms with Gasteiger partial charge in [0, 0.05) is 31.1 Å². The fourth-order valence-corrected chi connectivity index (χ4v) is 3.65. The van der Waals surface area contributed by atoms with Gasteiger partial charge >= 0.3 is 0 Å². The molecule has 2 fully saturated rings. The smallest absolute Gasteiger partial charge is 0.249 e. The Morgan fingerprint density at radius 2 is 2.19 bits per heavy atom. The van der Waals surface area contributed by atoms with Gasteiger partial charge in [0.25, 0.3) is 0 Å². The number of hydrogen-bond acceptors (Lipinski definition) is 4. The van der Waals surface area contributed by atoms with Crippen molar-refractivity contribution in [1.82, 2.24) is 10.3 Å². The predicted octanol–water partition coefficient (Wildman–Crippen LogP) is 1.13. The van der Waals surface area contributed by atoms with E-state index < -0.39 is 5.91 Å². The van der Waals surface area contributed by atoms with Gasteiger partial charge in [-0.25, -0.2) is 4.98 Å². The second-order valence-electron chi connectivity index (χ2n) is 5.88. The minimum absolute atomic E-state index is 0.393. The molecule has 0 saturated carbocycles. The molecule has 0 unspecified atom stereocenters. The summed E-state index contributed by atoms with van der Waals surface area (Å²) in [6.07, 6.45) is 1.18. The van der Waals surface area contributed by atoms with Crippen LogP contribution in [0, 0.1) is 5.92 Å². The summed E-state index contributed by atoms with van der Waals surface area (Å²) in [4.78, 5) is 18.8. The second kappa shape index (κ2) is 4.70. The van der Waals surface area contributed by atoms with E-state index in [4.69, 9.17) is 10.7 Å². The van der Waals surface area contributed by atoms with E-state index in [-0.39, 0.29) is 0 Å². The Kier molecular flexibility index (Phi) is 2.82. The average Bonchev–Trinajstić information content (AvgIpc) is 3.08. The van der Waals surface area contributed by atoms with Gasteiger partial charge in [0.15, 0.2) is 0 Å². The van der Waals surface area contributed by atoms with Crippen LogP contribution in [0.25, 0.3) is 10.9 Å². The zero-order valence-corrected chi connectivity index (χ0v) is 11.7. The summed E-state index contributed by atoms with van der Waals surface area (Å²) < 4.78 is 0. The first-order valence-corrected chi connectivity index (χ1v) is 7.41. The predicted molar refractivity (Wildman–Crippen MR) is 82.4 cm³/mol. The van der Waals surface area contributed by atoms with Crippen LogP contribution in [0.3, 0.4) is 0 Å². The minimum Gasteiger partial charge on any atom is -0.366 e. The van der Waals surface area contributed by atoms with E-state index in [2.05, 4.69) is 10.2 Å². The van der Waals surface area contributed by atoms with Crippen molar-refractivity contribution in [3.05, 3.63) is 35.9 Å². The summed E-state index contributed by atoms with van der Waals surface area (Å²) in [7, 11) is 0. The summed E-state index contributed by atoms with van der Waals surface area (Å²) in [6.45, 7) is 3.07. The van der Waals surface area contributed by atoms with Gasteiger partial charge in [0.05, 0.1) is 11.1 Å². The molecule has 2 aromatic rings. The highest BCUT2D eigenvalue weighted by Gasteiger charge is 2.38.